The van der Waals surface area contributed by atoms with Crippen LogP contribution in [0.5, 0.6) is 0 Å². The highest BCUT2D eigenvalue weighted by molar-refractivity contribution is 6.31. The van der Waals surface area contributed by atoms with Gasteiger partial charge in [-0.1, -0.05) is 29.8 Å². The molecule has 2 nitrogen and oxygen atoms in total. The molecule has 1 aliphatic heterocycles. The smallest absolute Gasteiger partial charge is 0.149 e. The van der Waals surface area contributed by atoms with Gasteiger partial charge in [0.15, 0.2) is 0 Å². The summed E-state index contributed by atoms with van der Waals surface area (Å²) in [5.74, 6) is -0.353. The van der Waals surface area contributed by atoms with Gasteiger partial charge >= 0.3 is 0 Å². The zero-order valence-corrected chi connectivity index (χ0v) is 12.8. The minimum Gasteiger partial charge on any atom is -0.343 e. The maximum atomic E-state index is 14.2. The van der Waals surface area contributed by atoms with Crippen LogP contribution < -0.4 is 5.32 Å². The predicted molar refractivity (Wildman–Crippen MR) is 88.9 cm³/mol. The number of rotatable bonds is 1. The molecule has 1 aliphatic rings. The molecule has 0 bridgehead atoms. The number of benzene rings is 2. The quantitative estimate of drug-likeness (QED) is 0.710. The molecule has 0 fully saturated rings. The molecule has 2 heterocycles. The van der Waals surface area contributed by atoms with Gasteiger partial charge in [-0.2, -0.15) is 0 Å². The van der Waals surface area contributed by atoms with E-state index in [-0.39, 0.29) is 10.8 Å². The first-order chi connectivity index (χ1) is 10.7. The van der Waals surface area contributed by atoms with Gasteiger partial charge in [0.05, 0.1) is 5.02 Å². The monoisotopic (exact) mass is 314 g/mol. The van der Waals surface area contributed by atoms with E-state index < -0.39 is 0 Å². The highest BCUT2D eigenvalue weighted by Crippen LogP contribution is 2.31. The highest BCUT2D eigenvalue weighted by atomic mass is 35.5. The van der Waals surface area contributed by atoms with Crippen LogP contribution >= 0.6 is 11.6 Å². The number of nitrogens with zero attached hydrogens (tertiary/aromatic N) is 1. The van der Waals surface area contributed by atoms with Crippen LogP contribution in [0.2, 0.25) is 5.02 Å². The Bertz CT molecular complexity index is 854. The molecule has 0 atom stereocenters. The summed E-state index contributed by atoms with van der Waals surface area (Å²) >= 11 is 5.90. The van der Waals surface area contributed by atoms with Gasteiger partial charge in [-0.3, -0.25) is 0 Å². The van der Waals surface area contributed by atoms with Crippen molar-refractivity contribution in [1.82, 2.24) is 9.88 Å². The van der Waals surface area contributed by atoms with Crippen LogP contribution in [-0.4, -0.2) is 17.7 Å². The van der Waals surface area contributed by atoms with E-state index in [1.54, 1.807) is 18.2 Å². The van der Waals surface area contributed by atoms with Crippen molar-refractivity contribution in [3.8, 4) is 11.1 Å². The Morgan fingerprint density at radius 1 is 1.09 bits per heavy atom. The molecule has 0 spiro atoms. The second kappa shape index (κ2) is 5.41. The van der Waals surface area contributed by atoms with E-state index in [1.165, 1.54) is 11.2 Å². The Labute approximate surface area is 133 Å². The summed E-state index contributed by atoms with van der Waals surface area (Å²) in [5.41, 5.74) is 3.97. The zero-order chi connectivity index (χ0) is 15.1. The summed E-state index contributed by atoms with van der Waals surface area (Å²) in [7, 11) is 0. The maximum absolute atomic E-state index is 14.2. The van der Waals surface area contributed by atoms with E-state index in [0.29, 0.717) is 5.56 Å². The summed E-state index contributed by atoms with van der Waals surface area (Å²) in [5, 5.41) is 4.74. The van der Waals surface area contributed by atoms with Crippen LogP contribution in [0.4, 0.5) is 4.39 Å². The first kappa shape index (κ1) is 13.8. The number of halogens is 2. The Morgan fingerprint density at radius 3 is 2.91 bits per heavy atom. The minimum atomic E-state index is -0.353. The van der Waals surface area contributed by atoms with Gasteiger partial charge < -0.3 is 9.88 Å². The second-order valence-electron chi connectivity index (χ2n) is 5.66. The first-order valence-electron chi connectivity index (χ1n) is 7.51. The molecule has 0 unspecified atom stereocenters. The maximum Gasteiger partial charge on any atom is 0.149 e. The molecule has 112 valence electrons. The lowest BCUT2D eigenvalue weighted by molar-refractivity contribution is 0.632. The lowest BCUT2D eigenvalue weighted by Gasteiger charge is -2.08. The van der Waals surface area contributed by atoms with Crippen LogP contribution in [0.1, 0.15) is 5.69 Å². The van der Waals surface area contributed by atoms with Gasteiger partial charge in [-0.05, 0) is 29.8 Å². The third-order valence-corrected chi connectivity index (χ3v) is 4.61. The van der Waals surface area contributed by atoms with Crippen molar-refractivity contribution in [2.24, 2.45) is 0 Å². The zero-order valence-electron chi connectivity index (χ0n) is 12.1. The van der Waals surface area contributed by atoms with Crippen molar-refractivity contribution in [3.63, 3.8) is 0 Å². The standard InChI is InChI=1S/C18H16ClFN2/c19-16-3-1-2-15(18(16)20)12-4-5-17-13(10-12)11-14-6-7-21-8-9-22(14)17/h1-5,10-11,21H,6-9H2. The first-order valence-corrected chi connectivity index (χ1v) is 7.89. The predicted octanol–water partition coefficient (Wildman–Crippen LogP) is 4.25. The van der Waals surface area contributed by atoms with E-state index >= 15 is 0 Å². The lowest BCUT2D eigenvalue weighted by Crippen LogP contribution is -2.17. The molecule has 22 heavy (non-hydrogen) atoms. The summed E-state index contributed by atoms with van der Waals surface area (Å²) in [6, 6.07) is 13.5. The summed E-state index contributed by atoms with van der Waals surface area (Å²) in [4.78, 5) is 0. The van der Waals surface area contributed by atoms with Crippen LogP contribution in [0, 0.1) is 5.82 Å². The fourth-order valence-corrected chi connectivity index (χ4v) is 3.40. The van der Waals surface area contributed by atoms with Gasteiger partial charge in [0.1, 0.15) is 5.82 Å². The molecule has 1 N–H and O–H groups in total. The molecule has 1 aromatic heterocycles. The Kier molecular flexibility index (Phi) is 3.40. The highest BCUT2D eigenvalue weighted by Gasteiger charge is 2.14. The summed E-state index contributed by atoms with van der Waals surface area (Å²) in [6.45, 7) is 2.97. The molecule has 0 amide bonds. The molecule has 4 rings (SSSR count). The largest absolute Gasteiger partial charge is 0.343 e. The van der Waals surface area contributed by atoms with Crippen LogP contribution in [0.25, 0.3) is 22.0 Å². The number of hydrogen-bond donors (Lipinski definition) is 1. The molecule has 2 aromatic carbocycles. The van der Waals surface area contributed by atoms with Crippen molar-refractivity contribution >= 4 is 22.5 Å². The van der Waals surface area contributed by atoms with Crippen LogP contribution in [0.3, 0.4) is 0 Å². The summed E-state index contributed by atoms with van der Waals surface area (Å²) in [6.07, 6.45) is 1.02. The number of nitrogens with one attached hydrogen (secondary N) is 1. The number of aromatic nitrogens is 1. The Balaban J connectivity index is 1.86. The molecule has 0 radical (unpaired) electrons. The third kappa shape index (κ3) is 2.21. The van der Waals surface area contributed by atoms with E-state index in [2.05, 4.69) is 28.1 Å². The molecule has 4 heteroatoms. The van der Waals surface area contributed by atoms with Gasteiger partial charge in [0, 0.05) is 48.2 Å². The molecule has 0 saturated carbocycles. The fourth-order valence-electron chi connectivity index (χ4n) is 3.23. The molecule has 0 aliphatic carbocycles. The van der Waals surface area contributed by atoms with Crippen LogP contribution in [-0.2, 0) is 13.0 Å². The molecular weight excluding hydrogens is 299 g/mol. The van der Waals surface area contributed by atoms with Crippen LogP contribution in [0.15, 0.2) is 42.5 Å². The normalized spacial score (nSPS) is 14.8. The van der Waals surface area contributed by atoms with E-state index in [0.717, 1.165) is 37.0 Å². The topological polar surface area (TPSA) is 17.0 Å². The van der Waals surface area contributed by atoms with Gasteiger partial charge in [-0.15, -0.1) is 0 Å². The van der Waals surface area contributed by atoms with E-state index in [9.17, 15) is 4.39 Å². The van der Waals surface area contributed by atoms with Crippen molar-refractivity contribution in [2.75, 3.05) is 13.1 Å². The lowest BCUT2D eigenvalue weighted by atomic mass is 10.0. The average Bonchev–Trinajstić information content (AvgIpc) is 2.70. The fraction of sp³-hybridized carbons (Fsp3) is 0.222. The van der Waals surface area contributed by atoms with Crippen molar-refractivity contribution in [2.45, 2.75) is 13.0 Å². The number of hydrogen-bond acceptors (Lipinski definition) is 1. The Morgan fingerprint density at radius 2 is 2.00 bits per heavy atom. The Hall–Kier alpha value is -1.84. The third-order valence-electron chi connectivity index (χ3n) is 4.32. The van der Waals surface area contributed by atoms with Gasteiger partial charge in [-0.25, -0.2) is 4.39 Å². The van der Waals surface area contributed by atoms with E-state index in [1.807, 2.05) is 6.07 Å². The minimum absolute atomic E-state index is 0.163. The van der Waals surface area contributed by atoms with Gasteiger partial charge in [0.2, 0.25) is 0 Å². The number of fused-ring (bicyclic) bond motifs is 3. The molecule has 3 aromatic rings. The van der Waals surface area contributed by atoms with Crippen molar-refractivity contribution < 1.29 is 4.39 Å². The molecular formula is C18H16ClFN2. The van der Waals surface area contributed by atoms with Crippen molar-refractivity contribution in [1.29, 1.82) is 0 Å². The molecule has 0 saturated heterocycles. The van der Waals surface area contributed by atoms with E-state index in [4.69, 9.17) is 11.6 Å². The van der Waals surface area contributed by atoms with Crippen molar-refractivity contribution in [3.05, 3.63) is 59.0 Å². The van der Waals surface area contributed by atoms with Gasteiger partial charge in [0.25, 0.3) is 0 Å². The SMILES string of the molecule is Fc1c(Cl)cccc1-c1ccc2c(c1)cc1n2CCNCC1. The second-order valence-corrected chi connectivity index (χ2v) is 6.07. The average molecular weight is 315 g/mol. The summed E-state index contributed by atoms with van der Waals surface area (Å²) < 4.78 is 16.6.